The van der Waals surface area contributed by atoms with Gasteiger partial charge in [0.05, 0.1) is 45.8 Å². The van der Waals surface area contributed by atoms with Gasteiger partial charge in [0.1, 0.15) is 80.6 Å². The second-order valence-electron chi connectivity index (χ2n) is 35.2. The standard InChI is InChI=1S/C25H27FN4O3.C19H18FN5O.C13H10FNO2.C13H12FN.C12H17N3O4.C7H6BrNO2.C6H5BFO2.C6H5BrN2O2.C4H8O.CH4O/c1-16-5-6-18(17-7-9-19(26)10-8-17)13-20(16)28-23(31)21-14-29-11-12-30(15-22(29)27-21)24(32)33-25(2,3)4;20-14-4-1-12(2-5-14)13-3-6-15(21)16(9-13)24-19(26)17-11-25-8-7-22-10-18(25)23-17;1-9-2-3-11(8-13(9)15(16)17)10-4-6-12(14)7-5-10;1-9-2-3-11(8-13(9)15)10-4-6-12(14)7-5-10;1-12(2,3)19-11(18)15-5-4-14-6-8(10(16)17)13-9(14)7-15;1-5-2-3-6(8)4-7(5)9(10)11;8-5-1-3-6(4-2-5)10-7-9;7-4-1-2-5(8)6(3-4)9(10)11;1-2-4-5-3-1;1-2/h5-10,13-14H,11-12,15H2,1-4H3,(H,28,31);1-6,9,11,22H,7-8,10,21H2,(H,24,26);2-8H,1H3;2-8H,15H2,1H3;6H,4-5,7H2,1-3H3,(H,16,17);2-4H,1H3;1-4,9H;1-3H,8H2;1-4H2;2H,1H3. The molecule has 149 heavy (non-hydrogen) atoms. The van der Waals surface area contributed by atoms with Crippen molar-refractivity contribution in [3.05, 3.63) is 374 Å². The van der Waals surface area contributed by atoms with Crippen molar-refractivity contribution in [2.75, 3.05) is 67.8 Å². The summed E-state index contributed by atoms with van der Waals surface area (Å²) in [6, 6.07) is 61.3. The molecule has 4 aliphatic heterocycles. The van der Waals surface area contributed by atoms with Crippen LogP contribution in [0.5, 0.6) is 5.75 Å². The van der Waals surface area contributed by atoms with Crippen LogP contribution in [0.2, 0.25) is 0 Å². The van der Waals surface area contributed by atoms with E-state index in [9.17, 15) is 76.3 Å². The monoisotopic (exact) mass is 2170 g/mol. The number of aromatic carboxylic acids is 1. The van der Waals surface area contributed by atoms with E-state index in [-0.39, 0.29) is 93.1 Å². The number of carboxylic acids is 1. The molecule has 0 unspecified atom stereocenters. The first-order chi connectivity index (χ1) is 70.7. The average Bonchev–Trinajstić information content (AvgIpc) is 1.69. The highest BCUT2D eigenvalue weighted by Crippen LogP contribution is 2.34. The fourth-order valence-electron chi connectivity index (χ4n) is 14.0. The van der Waals surface area contributed by atoms with Crippen molar-refractivity contribution >= 4 is 115 Å². The summed E-state index contributed by atoms with van der Waals surface area (Å²) in [6.45, 7) is 25.0. The highest BCUT2D eigenvalue weighted by molar-refractivity contribution is 9.10. The number of carbonyl (C=O) groups is 5. The molecule has 18 rings (SSSR count). The highest BCUT2D eigenvalue weighted by Gasteiger charge is 2.31. The number of nitrogens with one attached hydrogen (secondary N) is 3. The number of rotatable bonds is 14. The zero-order valence-corrected chi connectivity index (χ0v) is 86.4. The van der Waals surface area contributed by atoms with Crippen LogP contribution >= 0.6 is 31.9 Å². The van der Waals surface area contributed by atoms with Crippen molar-refractivity contribution in [2.45, 2.75) is 133 Å². The molecule has 4 aliphatic rings. The number of nitrogens with two attached hydrogens (primary N) is 3. The number of carboxylic acid groups (broad SMARTS) is 1. The van der Waals surface area contributed by atoms with E-state index in [0.717, 1.165) is 99.5 Å². The van der Waals surface area contributed by atoms with Crippen LogP contribution in [0.4, 0.5) is 77.0 Å². The number of nitrogen functional groups attached to an aromatic ring is 3. The zero-order valence-electron chi connectivity index (χ0n) is 83.2. The van der Waals surface area contributed by atoms with Crippen LogP contribution in [0.1, 0.15) is 126 Å². The molecule has 11 aromatic carbocycles. The topological polar surface area (TPSA) is 486 Å². The van der Waals surface area contributed by atoms with Crippen molar-refractivity contribution in [1.82, 2.24) is 43.8 Å². The molecule has 0 spiro atoms. The molecule has 1 saturated heterocycles. The summed E-state index contributed by atoms with van der Waals surface area (Å²) in [4.78, 5) is 107. The number of amides is 4. The number of carbonyl (C=O) groups excluding carboxylic acids is 4. The summed E-state index contributed by atoms with van der Waals surface area (Å²) in [6.07, 6.45) is 6.71. The van der Waals surface area contributed by atoms with Gasteiger partial charge >= 0.3 is 25.8 Å². The maximum Gasteiger partial charge on any atom is 0.569 e. The number of hydrogen-bond acceptors (Lipinski definition) is 24. The quantitative estimate of drug-likeness (QED) is 0.0160. The number of halogens is 7. The summed E-state index contributed by atoms with van der Waals surface area (Å²) < 4.78 is 91.2. The van der Waals surface area contributed by atoms with Gasteiger partial charge in [0.2, 0.25) is 0 Å². The Labute approximate surface area is 873 Å². The van der Waals surface area contributed by atoms with Gasteiger partial charge < -0.3 is 81.0 Å². The molecule has 4 amide bonds. The SMILES string of the molecule is C1CCOC1.CC(C)(C)OC(=O)N1CCn2cc(C(=O)O)nc2C1.CO.Cc1ccc(-c2ccc(F)cc2)cc1N.Cc1ccc(-c2ccc(F)cc2)cc1NC(=O)c1cn2c(n1)CN(C(=O)OC(C)(C)C)CC2.Cc1ccc(-c2ccc(F)cc2)cc1[N+](=O)[O-].Cc1ccc(Br)cc1[N+](=O)[O-].Nc1ccc(-c2ccc(F)cc2)cc1NC(=O)c1cn2c(n1)CNCC2.Nc1ccc(Br)cc1[N+](=O)[O-].O[B]Oc1ccc(F)cc1. The van der Waals surface area contributed by atoms with Gasteiger partial charge in [0, 0.05) is 128 Å². The van der Waals surface area contributed by atoms with E-state index < -0.39 is 39.2 Å². The molecule has 781 valence electrons. The van der Waals surface area contributed by atoms with Crippen molar-refractivity contribution < 1.29 is 94.8 Å². The third kappa shape index (κ3) is 36.5. The highest BCUT2D eigenvalue weighted by atomic mass is 79.9. The minimum absolute atomic E-state index is 0.000962. The molecule has 3 aromatic heterocycles. The number of aliphatic hydroxyl groups excluding tert-OH is 1. The van der Waals surface area contributed by atoms with E-state index in [1.165, 1.54) is 121 Å². The van der Waals surface area contributed by atoms with E-state index >= 15 is 0 Å². The summed E-state index contributed by atoms with van der Waals surface area (Å²) in [5, 5.41) is 64.4. The smallest absolute Gasteiger partial charge is 0.537 e. The normalized spacial score (nSPS) is 12.3. The Balaban J connectivity index is 0.000000193. The fourth-order valence-corrected chi connectivity index (χ4v) is 14.7. The Morgan fingerprint density at radius 1 is 0.430 bits per heavy atom. The number of anilines is 5. The lowest BCUT2D eigenvalue weighted by atomic mass is 10.0. The molecule has 14 aromatic rings. The first-order valence-electron chi connectivity index (χ1n) is 46.1. The van der Waals surface area contributed by atoms with Crippen LogP contribution in [0.15, 0.2) is 258 Å². The van der Waals surface area contributed by atoms with Gasteiger partial charge in [0.25, 0.3) is 28.9 Å². The lowest BCUT2D eigenvalue weighted by Crippen LogP contribution is -2.41. The van der Waals surface area contributed by atoms with E-state index in [1.807, 2.05) is 86.2 Å². The molecule has 1 fully saturated rings. The van der Waals surface area contributed by atoms with Gasteiger partial charge in [-0.3, -0.25) is 49.7 Å². The number of hydrogen-bond donors (Lipinski definition) is 9. The minimum Gasteiger partial charge on any atom is -0.537 e. The molecule has 0 atom stereocenters. The van der Waals surface area contributed by atoms with Crippen LogP contribution in [0.25, 0.3) is 44.5 Å². The van der Waals surface area contributed by atoms with Crippen LogP contribution in [-0.2, 0) is 53.5 Å². The van der Waals surface area contributed by atoms with Gasteiger partial charge in [-0.1, -0.05) is 129 Å². The van der Waals surface area contributed by atoms with E-state index in [1.54, 1.807) is 147 Å². The summed E-state index contributed by atoms with van der Waals surface area (Å²) in [7, 11) is 1.55. The number of nitrogens with zero attached hydrogens (tertiary/aromatic N) is 11. The fraction of sp³-hybridized carbons (Fsp3) is 0.245. The lowest BCUT2D eigenvalue weighted by Gasteiger charge is -2.30. The Kier molecular flexibility index (Phi) is 43.4. The van der Waals surface area contributed by atoms with Crippen LogP contribution < -0.4 is 37.8 Å². The number of benzene rings is 11. The molecule has 35 nitrogen and oxygen atoms in total. The predicted octanol–water partition coefficient (Wildman–Crippen LogP) is 21.8. The summed E-state index contributed by atoms with van der Waals surface area (Å²) >= 11 is 6.26. The van der Waals surface area contributed by atoms with Crippen LogP contribution in [-0.4, -0.2) is 157 Å². The number of nitro benzene ring substituents is 3. The molecular weight excluding hydrogens is 2060 g/mol. The van der Waals surface area contributed by atoms with E-state index in [4.69, 9.17) is 46.6 Å². The molecule has 7 heterocycles. The Morgan fingerprint density at radius 2 is 0.779 bits per heavy atom. The molecule has 1 radical (unpaired) electrons. The van der Waals surface area contributed by atoms with Crippen LogP contribution in [0, 0.1) is 87.1 Å². The van der Waals surface area contributed by atoms with Gasteiger partial charge in [-0.05, 0) is 253 Å². The number of ether oxygens (including phenoxy) is 3. The number of nitro groups is 3. The van der Waals surface area contributed by atoms with E-state index in [0.29, 0.717) is 102 Å². The van der Waals surface area contributed by atoms with Crippen molar-refractivity contribution in [3.8, 4) is 50.3 Å². The number of aromatic nitrogens is 6. The number of aryl methyl sites for hydroxylation is 4. The zero-order chi connectivity index (χ0) is 109. The van der Waals surface area contributed by atoms with Gasteiger partial charge in [0.15, 0.2) is 5.69 Å². The molecule has 0 bridgehead atoms. The minimum atomic E-state index is -1.06. The van der Waals surface area contributed by atoms with Crippen molar-refractivity contribution in [1.29, 1.82) is 0 Å². The Morgan fingerprint density at radius 3 is 1.18 bits per heavy atom. The second kappa shape index (κ2) is 55.5. The first-order valence-corrected chi connectivity index (χ1v) is 47.7. The van der Waals surface area contributed by atoms with Gasteiger partial charge in [-0.2, -0.15) is 0 Å². The molecule has 0 saturated carbocycles. The van der Waals surface area contributed by atoms with Gasteiger partial charge in [-0.15, -0.1) is 0 Å². The maximum atomic E-state index is 13.2. The van der Waals surface area contributed by atoms with Crippen molar-refractivity contribution in [2.24, 2.45) is 0 Å². The predicted molar refractivity (Wildman–Crippen MR) is 566 cm³/mol. The molecular formula is C106H112BBr2F5N17O18. The van der Waals surface area contributed by atoms with Gasteiger partial charge in [-0.25, -0.2) is 51.3 Å². The third-order valence-electron chi connectivity index (χ3n) is 21.8. The van der Waals surface area contributed by atoms with Crippen molar-refractivity contribution in [3.63, 3.8) is 0 Å². The number of aliphatic hydroxyl groups is 1. The van der Waals surface area contributed by atoms with Crippen LogP contribution in [0.3, 0.4) is 0 Å². The molecule has 12 N–H and O–H groups in total. The summed E-state index contributed by atoms with van der Waals surface area (Å²) in [5.41, 5.74) is 29.5. The first kappa shape index (κ1) is 116. The lowest BCUT2D eigenvalue weighted by molar-refractivity contribution is -0.385. The number of fused-ring (bicyclic) bond motifs is 3. The third-order valence-corrected chi connectivity index (χ3v) is 22.8. The Hall–Kier alpha value is -16.1. The average molecular weight is 2180 g/mol. The molecule has 43 heteroatoms. The number of imidazole rings is 3. The Bertz CT molecular complexity index is 6870. The molecule has 0 aliphatic carbocycles. The van der Waals surface area contributed by atoms with E-state index in [2.05, 4.69) is 67.4 Å². The second-order valence-corrected chi connectivity index (χ2v) is 37.1. The summed E-state index contributed by atoms with van der Waals surface area (Å²) in [5.74, 6) is -0.730. The maximum absolute atomic E-state index is 13.2. The largest absolute Gasteiger partial charge is 0.569 e.